The molecule has 1 saturated heterocycles. The average molecular weight is 400 g/mol. The molecule has 0 atom stereocenters. The minimum atomic E-state index is -3.55. The van der Waals surface area contributed by atoms with Crippen molar-refractivity contribution >= 4 is 27.5 Å². The van der Waals surface area contributed by atoms with Crippen molar-refractivity contribution in [1.29, 1.82) is 0 Å². The van der Waals surface area contributed by atoms with Crippen LogP contribution in [0.1, 0.15) is 24.8 Å². The maximum Gasteiger partial charge on any atom is 0.326 e. The molecule has 1 amide bonds. The van der Waals surface area contributed by atoms with Crippen molar-refractivity contribution in [3.63, 3.8) is 0 Å². The highest BCUT2D eigenvalue weighted by Crippen LogP contribution is 2.42. The van der Waals surface area contributed by atoms with Crippen LogP contribution in [0, 0.1) is 0 Å². The summed E-state index contributed by atoms with van der Waals surface area (Å²) in [5, 5.41) is 0. The summed E-state index contributed by atoms with van der Waals surface area (Å²) in [6, 6.07) is 17.3. The van der Waals surface area contributed by atoms with Crippen LogP contribution >= 0.6 is 0 Å². The van der Waals surface area contributed by atoms with Gasteiger partial charge in [0.25, 0.3) is 0 Å². The molecule has 0 N–H and O–H groups in total. The molecule has 1 fully saturated rings. The molecule has 2 aliphatic rings. The first-order chi connectivity index (χ1) is 13.5. The van der Waals surface area contributed by atoms with Crippen LogP contribution in [0.4, 0.5) is 11.4 Å². The fourth-order valence-corrected chi connectivity index (χ4v) is 5.74. The number of likely N-dealkylation sites (tertiary alicyclic amines) is 1. The van der Waals surface area contributed by atoms with Crippen molar-refractivity contribution in [3.8, 4) is 0 Å². The molecule has 2 aliphatic heterocycles. The molecule has 6 nitrogen and oxygen atoms in total. The molecule has 2 aromatic rings. The van der Waals surface area contributed by atoms with Crippen molar-refractivity contribution in [3.05, 3.63) is 60.2 Å². The van der Waals surface area contributed by atoms with E-state index in [1.54, 1.807) is 11.4 Å². The Morgan fingerprint density at radius 1 is 0.964 bits per heavy atom. The molecule has 0 aliphatic carbocycles. The fourth-order valence-electron chi connectivity index (χ4n) is 4.09. The zero-order valence-corrected chi connectivity index (χ0v) is 16.8. The Morgan fingerprint density at radius 3 is 2.25 bits per heavy atom. The number of nitrogens with zero attached hydrogens (tertiary/aromatic N) is 3. The first kappa shape index (κ1) is 18.8. The van der Waals surface area contributed by atoms with Crippen LogP contribution in [0.15, 0.2) is 54.6 Å². The summed E-state index contributed by atoms with van der Waals surface area (Å²) in [5.41, 5.74) is 2.61. The largest absolute Gasteiger partial charge is 0.343 e. The van der Waals surface area contributed by atoms with Crippen molar-refractivity contribution in [2.24, 2.45) is 0 Å². The summed E-state index contributed by atoms with van der Waals surface area (Å²) >= 11 is 0. The van der Waals surface area contributed by atoms with Crippen LogP contribution in [0.3, 0.4) is 0 Å². The quantitative estimate of drug-likeness (QED) is 0.794. The van der Waals surface area contributed by atoms with Gasteiger partial charge in [0.15, 0.2) is 0 Å². The Hall–Kier alpha value is -2.54. The maximum absolute atomic E-state index is 12.9. The molecule has 0 bridgehead atoms. The van der Waals surface area contributed by atoms with Crippen LogP contribution in [0.2, 0.25) is 0 Å². The number of piperidine rings is 1. The number of aryl methyl sites for hydroxylation is 1. The van der Waals surface area contributed by atoms with E-state index in [-0.39, 0.29) is 11.9 Å². The van der Waals surface area contributed by atoms with Crippen LogP contribution in [0.25, 0.3) is 0 Å². The van der Waals surface area contributed by atoms with E-state index in [2.05, 4.69) is 0 Å². The number of benzene rings is 2. The normalized spacial score (nSPS) is 19.0. The number of carbonyl (C=O) groups excluding carboxylic acids is 1. The Labute approximate surface area is 166 Å². The average Bonchev–Trinajstić information content (AvgIpc) is 2.93. The molecular weight excluding hydrogens is 374 g/mol. The number of rotatable bonds is 4. The Balaban J connectivity index is 1.40. The number of hydrogen-bond acceptors (Lipinski definition) is 3. The summed E-state index contributed by atoms with van der Waals surface area (Å²) in [6.07, 6.45) is 2.53. The second-order valence-electron chi connectivity index (χ2n) is 7.36. The van der Waals surface area contributed by atoms with Gasteiger partial charge in [-0.3, -0.25) is 9.10 Å². The van der Waals surface area contributed by atoms with Crippen LogP contribution in [0.5, 0.6) is 0 Å². The molecule has 0 aromatic heterocycles. The standard InChI is InChI=1S/C21H25N3O3S/c1-22-19-9-5-6-10-20(19)24(28(22,26)27)18-13-15-23(16-14-18)21(25)12-11-17-7-3-2-4-8-17/h2-10,18H,11-16H2,1H3. The Kier molecular flexibility index (Phi) is 5.02. The number of anilines is 2. The summed E-state index contributed by atoms with van der Waals surface area (Å²) in [6.45, 7) is 1.19. The van der Waals surface area contributed by atoms with E-state index in [1.807, 2.05) is 59.5 Å². The van der Waals surface area contributed by atoms with Gasteiger partial charge >= 0.3 is 10.2 Å². The van der Waals surface area contributed by atoms with E-state index in [0.717, 1.165) is 17.7 Å². The Bertz CT molecular complexity index is 954. The molecule has 2 heterocycles. The zero-order valence-electron chi connectivity index (χ0n) is 16.0. The molecule has 2 aromatic carbocycles. The maximum atomic E-state index is 12.9. The lowest BCUT2D eigenvalue weighted by Gasteiger charge is -2.37. The van der Waals surface area contributed by atoms with Crippen LogP contribution < -0.4 is 8.61 Å². The van der Waals surface area contributed by atoms with Crippen LogP contribution in [-0.2, 0) is 21.4 Å². The SMILES string of the molecule is CN1c2ccccc2N(C2CCN(C(=O)CCc3ccccc3)CC2)S1(=O)=O. The molecule has 0 unspecified atom stereocenters. The third kappa shape index (κ3) is 3.35. The van der Waals surface area contributed by atoms with Gasteiger partial charge in [-0.05, 0) is 37.0 Å². The summed E-state index contributed by atoms with van der Waals surface area (Å²) in [7, 11) is -1.95. The van der Waals surface area contributed by atoms with Gasteiger partial charge in [0.1, 0.15) is 0 Å². The van der Waals surface area contributed by atoms with Gasteiger partial charge in [0.2, 0.25) is 5.91 Å². The lowest BCUT2D eigenvalue weighted by Crippen LogP contribution is -2.49. The number of carbonyl (C=O) groups is 1. The molecular formula is C21H25N3O3S. The summed E-state index contributed by atoms with van der Waals surface area (Å²) < 4.78 is 28.7. The summed E-state index contributed by atoms with van der Waals surface area (Å²) in [5.74, 6) is 0.143. The van der Waals surface area contributed by atoms with Gasteiger partial charge in [-0.1, -0.05) is 42.5 Å². The molecule has 7 heteroatoms. The number of amides is 1. The molecule has 4 rings (SSSR count). The summed E-state index contributed by atoms with van der Waals surface area (Å²) in [4.78, 5) is 14.4. The molecule has 0 saturated carbocycles. The van der Waals surface area contributed by atoms with Gasteiger partial charge < -0.3 is 4.90 Å². The number of hydrogen-bond donors (Lipinski definition) is 0. The first-order valence-corrected chi connectivity index (χ1v) is 11.1. The van der Waals surface area contributed by atoms with Crippen molar-refractivity contribution < 1.29 is 13.2 Å². The highest BCUT2D eigenvalue weighted by Gasteiger charge is 2.43. The van der Waals surface area contributed by atoms with E-state index >= 15 is 0 Å². The first-order valence-electron chi connectivity index (χ1n) is 9.67. The van der Waals surface area contributed by atoms with E-state index in [1.165, 1.54) is 4.31 Å². The number of fused-ring (bicyclic) bond motifs is 1. The van der Waals surface area contributed by atoms with E-state index in [9.17, 15) is 13.2 Å². The highest BCUT2D eigenvalue weighted by atomic mass is 32.2. The second-order valence-corrected chi connectivity index (χ2v) is 9.19. The third-order valence-electron chi connectivity index (χ3n) is 5.67. The van der Waals surface area contributed by atoms with Gasteiger partial charge in [0, 0.05) is 26.6 Å². The molecule has 0 spiro atoms. The second kappa shape index (κ2) is 7.47. The monoisotopic (exact) mass is 399 g/mol. The fraction of sp³-hybridized carbons (Fsp3) is 0.381. The highest BCUT2D eigenvalue weighted by molar-refractivity contribution is 7.94. The predicted octanol–water partition coefficient (Wildman–Crippen LogP) is 2.81. The predicted molar refractivity (Wildman–Crippen MR) is 111 cm³/mol. The van der Waals surface area contributed by atoms with E-state index in [0.29, 0.717) is 38.0 Å². The molecule has 148 valence electrons. The van der Waals surface area contributed by atoms with E-state index < -0.39 is 10.2 Å². The lowest BCUT2D eigenvalue weighted by atomic mass is 10.0. The van der Waals surface area contributed by atoms with E-state index in [4.69, 9.17) is 0 Å². The van der Waals surface area contributed by atoms with Gasteiger partial charge in [-0.25, -0.2) is 4.31 Å². The van der Waals surface area contributed by atoms with Gasteiger partial charge in [-0.2, -0.15) is 8.42 Å². The topological polar surface area (TPSA) is 60.9 Å². The molecule has 0 radical (unpaired) electrons. The minimum absolute atomic E-state index is 0.116. The zero-order chi connectivity index (χ0) is 19.7. The van der Waals surface area contributed by atoms with Crippen LogP contribution in [-0.4, -0.2) is 45.4 Å². The minimum Gasteiger partial charge on any atom is -0.343 e. The van der Waals surface area contributed by atoms with Gasteiger partial charge in [0.05, 0.1) is 17.4 Å². The van der Waals surface area contributed by atoms with Crippen molar-refractivity contribution in [1.82, 2.24) is 4.90 Å². The molecule has 28 heavy (non-hydrogen) atoms. The smallest absolute Gasteiger partial charge is 0.326 e. The number of para-hydroxylation sites is 2. The lowest BCUT2D eigenvalue weighted by molar-refractivity contribution is -0.132. The van der Waals surface area contributed by atoms with Gasteiger partial charge in [-0.15, -0.1) is 0 Å². The van der Waals surface area contributed by atoms with Crippen molar-refractivity contribution in [2.45, 2.75) is 31.7 Å². The third-order valence-corrected chi connectivity index (χ3v) is 7.55. The Morgan fingerprint density at radius 2 is 1.57 bits per heavy atom. The van der Waals surface area contributed by atoms with Crippen molar-refractivity contribution in [2.75, 3.05) is 28.7 Å².